The van der Waals surface area contributed by atoms with Crippen molar-refractivity contribution in [1.82, 2.24) is 14.9 Å². The highest BCUT2D eigenvalue weighted by atomic mass is 35.5. The summed E-state index contributed by atoms with van der Waals surface area (Å²) in [7, 11) is 0. The number of hydrogen-bond acceptors (Lipinski definition) is 5. The van der Waals surface area contributed by atoms with Crippen molar-refractivity contribution in [3.05, 3.63) is 69.5 Å². The summed E-state index contributed by atoms with van der Waals surface area (Å²) in [5, 5.41) is 4.65. The predicted molar refractivity (Wildman–Crippen MR) is 135 cm³/mol. The fourth-order valence-electron chi connectivity index (χ4n) is 3.59. The van der Waals surface area contributed by atoms with Gasteiger partial charge in [0.2, 0.25) is 5.91 Å². The third-order valence-electron chi connectivity index (χ3n) is 5.23. The lowest BCUT2D eigenvalue weighted by atomic mass is 9.96. The summed E-state index contributed by atoms with van der Waals surface area (Å²) >= 11 is 7.38. The van der Waals surface area contributed by atoms with Crippen LogP contribution in [0.3, 0.4) is 0 Å². The largest absolute Gasteiger partial charge is 0.382 e. The molecule has 176 valence electrons. The van der Waals surface area contributed by atoms with Gasteiger partial charge in [-0.25, -0.2) is 4.98 Å². The highest BCUT2D eigenvalue weighted by Crippen LogP contribution is 2.23. The molecule has 0 aliphatic heterocycles. The van der Waals surface area contributed by atoms with Crippen molar-refractivity contribution in [2.24, 2.45) is 5.92 Å². The number of carbonyl (C=O) groups excluding carboxylic acids is 1. The van der Waals surface area contributed by atoms with Crippen LogP contribution in [-0.4, -0.2) is 34.4 Å². The molecular weight excluding hydrogens is 458 g/mol. The van der Waals surface area contributed by atoms with Gasteiger partial charge in [0, 0.05) is 24.8 Å². The predicted octanol–water partition coefficient (Wildman–Crippen LogP) is 5.08. The highest BCUT2D eigenvalue weighted by molar-refractivity contribution is 7.99. The zero-order chi connectivity index (χ0) is 23.8. The van der Waals surface area contributed by atoms with Gasteiger partial charge in [-0.1, -0.05) is 67.5 Å². The van der Waals surface area contributed by atoms with Crippen molar-refractivity contribution in [3.63, 3.8) is 0 Å². The van der Waals surface area contributed by atoms with Crippen LogP contribution in [0.1, 0.15) is 38.8 Å². The standard InChI is InChI=1S/C25H30ClN3O3S/c1-4-32-14-8-13-29-24(31)20-12-11-19(26)15-21(20)27-25(29)33-16-22(30)28-23(17(2)3)18-9-6-5-7-10-18/h5-7,9-12,15,17,23H,4,8,13-14,16H2,1-3H3,(H,28,30). The molecule has 0 aliphatic rings. The monoisotopic (exact) mass is 487 g/mol. The molecule has 1 atom stereocenters. The van der Waals surface area contributed by atoms with Crippen molar-refractivity contribution in [3.8, 4) is 0 Å². The summed E-state index contributed by atoms with van der Waals surface area (Å²) in [5.74, 6) is 0.280. The number of nitrogens with one attached hydrogen (secondary N) is 1. The normalized spacial score (nSPS) is 12.3. The first-order valence-electron chi connectivity index (χ1n) is 11.2. The first-order chi connectivity index (χ1) is 15.9. The fraction of sp³-hybridized carbons (Fsp3) is 0.400. The van der Waals surface area contributed by atoms with E-state index in [1.807, 2.05) is 37.3 Å². The number of benzene rings is 2. The molecule has 3 rings (SSSR count). The average Bonchev–Trinajstić information content (AvgIpc) is 2.80. The summed E-state index contributed by atoms with van der Waals surface area (Å²) in [6.07, 6.45) is 0.678. The van der Waals surface area contributed by atoms with E-state index in [1.165, 1.54) is 11.8 Å². The Morgan fingerprint density at radius 3 is 2.67 bits per heavy atom. The minimum absolute atomic E-state index is 0.0870. The van der Waals surface area contributed by atoms with Gasteiger partial charge in [0.1, 0.15) is 0 Å². The molecule has 2 aromatic carbocycles. The zero-order valence-corrected chi connectivity index (χ0v) is 20.8. The van der Waals surface area contributed by atoms with E-state index in [0.717, 1.165) is 5.56 Å². The van der Waals surface area contributed by atoms with E-state index in [4.69, 9.17) is 16.3 Å². The SMILES string of the molecule is CCOCCCn1c(SCC(=O)NC(c2ccccc2)C(C)C)nc2cc(Cl)ccc2c1=O. The highest BCUT2D eigenvalue weighted by Gasteiger charge is 2.19. The van der Waals surface area contributed by atoms with Gasteiger partial charge >= 0.3 is 0 Å². The number of fused-ring (bicyclic) bond motifs is 1. The second kappa shape index (κ2) is 12.2. The van der Waals surface area contributed by atoms with Crippen molar-refractivity contribution < 1.29 is 9.53 Å². The molecular formula is C25H30ClN3O3S. The van der Waals surface area contributed by atoms with E-state index in [1.54, 1.807) is 22.8 Å². The number of halogens is 1. The van der Waals surface area contributed by atoms with Crippen LogP contribution in [0, 0.1) is 5.92 Å². The van der Waals surface area contributed by atoms with Crippen LogP contribution in [0.25, 0.3) is 10.9 Å². The van der Waals surface area contributed by atoms with Crippen molar-refractivity contribution >= 4 is 40.2 Å². The second-order valence-electron chi connectivity index (χ2n) is 8.05. The van der Waals surface area contributed by atoms with Crippen molar-refractivity contribution in [2.45, 2.75) is 44.9 Å². The quantitative estimate of drug-likeness (QED) is 0.232. The molecule has 0 radical (unpaired) electrons. The van der Waals surface area contributed by atoms with Gasteiger partial charge < -0.3 is 10.1 Å². The van der Waals surface area contributed by atoms with Crippen LogP contribution in [0.15, 0.2) is 58.5 Å². The number of aromatic nitrogens is 2. The molecule has 0 saturated carbocycles. The Kier molecular flexibility index (Phi) is 9.35. The van der Waals surface area contributed by atoms with E-state index in [0.29, 0.717) is 47.3 Å². The topological polar surface area (TPSA) is 73.2 Å². The number of thioether (sulfide) groups is 1. The molecule has 0 spiro atoms. The number of nitrogens with zero attached hydrogens (tertiary/aromatic N) is 2. The molecule has 1 amide bonds. The van der Waals surface area contributed by atoms with Gasteiger partial charge in [0.15, 0.2) is 5.16 Å². The molecule has 1 unspecified atom stereocenters. The maximum atomic E-state index is 13.1. The number of hydrogen-bond donors (Lipinski definition) is 1. The number of ether oxygens (including phenoxy) is 1. The molecule has 0 aliphatic carbocycles. The van der Waals surface area contributed by atoms with E-state index < -0.39 is 0 Å². The van der Waals surface area contributed by atoms with Crippen LogP contribution in [0.4, 0.5) is 0 Å². The smallest absolute Gasteiger partial charge is 0.262 e. The van der Waals surface area contributed by atoms with Gasteiger partial charge in [0.05, 0.1) is 22.7 Å². The molecule has 8 heteroatoms. The summed E-state index contributed by atoms with van der Waals surface area (Å²) in [4.78, 5) is 30.6. The third kappa shape index (κ3) is 6.82. The Labute approximate surface area is 203 Å². The van der Waals surface area contributed by atoms with Gasteiger partial charge in [-0.2, -0.15) is 0 Å². The van der Waals surface area contributed by atoms with Crippen LogP contribution in [-0.2, 0) is 16.1 Å². The lowest BCUT2D eigenvalue weighted by Crippen LogP contribution is -2.33. The van der Waals surface area contributed by atoms with Crippen LogP contribution >= 0.6 is 23.4 Å². The maximum absolute atomic E-state index is 13.1. The molecule has 0 fully saturated rings. The number of amides is 1. The third-order valence-corrected chi connectivity index (χ3v) is 6.44. The fourth-order valence-corrected chi connectivity index (χ4v) is 4.59. The van der Waals surface area contributed by atoms with Crippen molar-refractivity contribution in [2.75, 3.05) is 19.0 Å². The number of carbonyl (C=O) groups is 1. The Morgan fingerprint density at radius 2 is 1.97 bits per heavy atom. The molecule has 3 aromatic rings. The van der Waals surface area contributed by atoms with Gasteiger partial charge in [-0.3, -0.25) is 14.2 Å². The Morgan fingerprint density at radius 1 is 1.21 bits per heavy atom. The summed E-state index contributed by atoms with van der Waals surface area (Å²) in [6.45, 7) is 7.74. The van der Waals surface area contributed by atoms with Gasteiger partial charge in [0.25, 0.3) is 5.56 Å². The Hall–Kier alpha value is -2.35. The summed E-state index contributed by atoms with van der Waals surface area (Å²) in [5.41, 5.74) is 1.46. The van der Waals surface area contributed by atoms with E-state index >= 15 is 0 Å². The zero-order valence-electron chi connectivity index (χ0n) is 19.2. The lowest BCUT2D eigenvalue weighted by molar-refractivity contribution is -0.119. The van der Waals surface area contributed by atoms with Gasteiger partial charge in [-0.05, 0) is 43.0 Å². The maximum Gasteiger partial charge on any atom is 0.262 e. The molecule has 1 N–H and O–H groups in total. The van der Waals surface area contributed by atoms with E-state index in [2.05, 4.69) is 24.1 Å². The minimum atomic E-state index is -0.139. The first kappa shape index (κ1) is 25.3. The molecule has 1 aromatic heterocycles. The van der Waals surface area contributed by atoms with Crippen LogP contribution in [0.5, 0.6) is 0 Å². The second-order valence-corrected chi connectivity index (χ2v) is 9.43. The summed E-state index contributed by atoms with van der Waals surface area (Å²) in [6, 6.07) is 14.9. The van der Waals surface area contributed by atoms with Crippen LogP contribution < -0.4 is 10.9 Å². The lowest BCUT2D eigenvalue weighted by Gasteiger charge is -2.23. The molecule has 33 heavy (non-hydrogen) atoms. The molecule has 1 heterocycles. The molecule has 0 saturated heterocycles. The number of rotatable bonds is 11. The van der Waals surface area contributed by atoms with Crippen molar-refractivity contribution in [1.29, 1.82) is 0 Å². The minimum Gasteiger partial charge on any atom is -0.382 e. The van der Waals surface area contributed by atoms with Crippen LogP contribution in [0.2, 0.25) is 5.02 Å². The molecule has 0 bridgehead atoms. The molecule has 6 nitrogen and oxygen atoms in total. The summed E-state index contributed by atoms with van der Waals surface area (Å²) < 4.78 is 7.05. The first-order valence-corrected chi connectivity index (χ1v) is 12.5. The van der Waals surface area contributed by atoms with E-state index in [9.17, 15) is 9.59 Å². The Bertz CT molecular complexity index is 1130. The average molecular weight is 488 g/mol. The van der Waals surface area contributed by atoms with Gasteiger partial charge in [-0.15, -0.1) is 0 Å². The Balaban J connectivity index is 1.80. The van der Waals surface area contributed by atoms with E-state index in [-0.39, 0.29) is 29.2 Å².